The van der Waals surface area contributed by atoms with E-state index in [-0.39, 0.29) is 41.6 Å². The number of hydrogen-bond donors (Lipinski definition) is 0. The van der Waals surface area contributed by atoms with Crippen LogP contribution in [0.3, 0.4) is 0 Å². The highest BCUT2D eigenvalue weighted by molar-refractivity contribution is 7.26. The summed E-state index contributed by atoms with van der Waals surface area (Å²) in [7, 11) is -2.97. The summed E-state index contributed by atoms with van der Waals surface area (Å²) in [4.78, 5) is 0. The number of halogens is 19. The Morgan fingerprint density at radius 3 is 0.736 bits per heavy atom. The second-order valence-corrected chi connectivity index (χ2v) is 23.3. The lowest BCUT2D eigenvalue weighted by Crippen LogP contribution is -2.75. The molecule has 7 aromatic rings. The Balaban J connectivity index is 0.000000368. The summed E-state index contributed by atoms with van der Waals surface area (Å²) in [5.41, 5.74) is -15.1. The minimum Gasteiger partial charge on any atom is -0.195 e. The topological polar surface area (TPSA) is 0 Å². The molecule has 0 aromatic heterocycles. The van der Waals surface area contributed by atoms with Gasteiger partial charge in [-0.2, -0.15) is 112 Å². The van der Waals surface area contributed by atoms with E-state index >= 15 is 0 Å². The number of rotatable bonds is 8. The maximum absolute atomic E-state index is 14.2. The molecule has 0 radical (unpaired) electrons. The highest BCUT2D eigenvalue weighted by Gasteiger charge is 2.45. The smallest absolute Gasteiger partial charge is 0.195 e. The molecule has 0 heterocycles. The van der Waals surface area contributed by atoms with E-state index in [0.717, 1.165) is 24.3 Å². The van der Waals surface area contributed by atoms with Crippen molar-refractivity contribution >= 4 is 51.6 Å². The van der Waals surface area contributed by atoms with Gasteiger partial charge in [-0.15, -0.1) is 0 Å². The van der Waals surface area contributed by atoms with Crippen LogP contribution in [0.5, 0.6) is 0 Å². The van der Waals surface area contributed by atoms with E-state index in [4.69, 9.17) is 11.1 Å². The van der Waals surface area contributed by atoms with E-state index in [1.165, 1.54) is 35.7 Å². The minimum absolute atomic E-state index is 0.176. The summed E-state index contributed by atoms with van der Waals surface area (Å²) in [6, 6.07) is 32.6. The average Bonchev–Trinajstić information content (AvgIpc) is 3.29. The third-order valence-corrected chi connectivity index (χ3v) is 14.0. The largest absolute Gasteiger partial charge is 0.416 e. The first-order chi connectivity index (χ1) is 33.1. The monoisotopic (exact) mass is 1060 g/mol. The van der Waals surface area contributed by atoms with Gasteiger partial charge in [-0.3, -0.25) is 0 Å². The van der Waals surface area contributed by atoms with Gasteiger partial charge in [0.2, 0.25) is 0 Å². The van der Waals surface area contributed by atoms with Gasteiger partial charge in [-0.25, -0.2) is 0 Å². The van der Waals surface area contributed by atoms with Crippen molar-refractivity contribution in [1.82, 2.24) is 0 Å². The molecule has 0 spiro atoms. The summed E-state index contributed by atoms with van der Waals surface area (Å²) in [6.45, 7) is 2.96. The van der Waals surface area contributed by atoms with Gasteiger partial charge in [0.25, 0.3) is 0 Å². The summed E-state index contributed by atoms with van der Waals surface area (Å²) in [6.07, 6.45) is -39.3. The number of hydrogen-bond acceptors (Lipinski definition) is 0. The van der Waals surface area contributed by atoms with Crippen LogP contribution in [-0.4, -0.2) is 13.5 Å². The van der Waals surface area contributed by atoms with Gasteiger partial charge in [0, 0.05) is 0 Å². The van der Waals surface area contributed by atoms with Crippen LogP contribution in [0.2, 0.25) is 13.1 Å². The fourth-order valence-corrected chi connectivity index (χ4v) is 9.66. The van der Waals surface area contributed by atoms with Crippen molar-refractivity contribution < 1.29 is 79.0 Å². The molecule has 378 valence electrons. The van der Waals surface area contributed by atoms with Crippen molar-refractivity contribution in [3.63, 3.8) is 0 Å². The normalized spacial score (nSPS) is 13.1. The summed E-state index contributed by atoms with van der Waals surface area (Å²) >= 11 is 6.40. The molecule has 0 nitrogen and oxygen atoms in total. The maximum Gasteiger partial charge on any atom is 0.416 e. The van der Waals surface area contributed by atoms with Crippen molar-refractivity contribution in [3.05, 3.63) is 226 Å². The molecule has 0 saturated heterocycles. The molecule has 0 aliphatic carbocycles. The van der Waals surface area contributed by atoms with E-state index in [1.807, 2.05) is 0 Å². The molecule has 0 N–H and O–H groups in total. The zero-order valence-corrected chi connectivity index (χ0v) is 38.7. The predicted octanol–water partition coefficient (Wildman–Crippen LogP) is 14.5. The van der Waals surface area contributed by atoms with Gasteiger partial charge in [0.05, 0.1) is 56.0 Å². The summed E-state index contributed by atoms with van der Waals surface area (Å²) in [5.74, 6) is 1.28. The highest BCUT2D eigenvalue weighted by Crippen LogP contribution is 2.40. The SMILES string of the molecule is C[Si](C)(Cl)c1ccc([B-](c2cc(C(F)(F)F)cc(C(F)(F)F)c2)(c2cc(C(F)(F)F)cc(C(F)(F)F)c2)c2cc(C(F)(F)F)cc(C(F)(F)F)c2)cc1.c1ccc([C+](c2ccccc2)c2ccccc2)cc1. The molecular formula is C51H34BClF18Si. The Labute approximate surface area is 405 Å². The molecule has 7 aromatic carbocycles. The van der Waals surface area contributed by atoms with Gasteiger partial charge >= 0.3 is 37.1 Å². The third-order valence-electron chi connectivity index (χ3n) is 11.6. The predicted molar refractivity (Wildman–Crippen MR) is 243 cm³/mol. The Hall–Kier alpha value is -6.28. The van der Waals surface area contributed by atoms with E-state index in [9.17, 15) is 79.0 Å². The van der Waals surface area contributed by atoms with E-state index in [0.29, 0.717) is 0 Å². The first kappa shape index (κ1) is 55.0. The second kappa shape index (κ2) is 20.0. The zero-order chi connectivity index (χ0) is 53.5. The van der Waals surface area contributed by atoms with Gasteiger partial charge in [0.1, 0.15) is 6.15 Å². The zero-order valence-electron chi connectivity index (χ0n) is 36.9. The summed E-state index contributed by atoms with van der Waals surface area (Å²) < 4.78 is 256. The Bertz CT molecular complexity index is 2580. The quantitative estimate of drug-likeness (QED) is 0.0468. The van der Waals surface area contributed by atoms with Crippen LogP contribution in [0.1, 0.15) is 50.1 Å². The van der Waals surface area contributed by atoms with Crippen molar-refractivity contribution in [1.29, 1.82) is 0 Å². The molecule has 0 amide bonds. The van der Waals surface area contributed by atoms with Crippen LogP contribution < -0.4 is 27.0 Å². The average molecular weight is 1060 g/mol. The molecule has 0 atom stereocenters. The third kappa shape index (κ3) is 12.5. The Kier molecular flexibility index (Phi) is 15.3. The van der Waals surface area contributed by atoms with E-state index in [1.54, 1.807) is 0 Å². The van der Waals surface area contributed by atoms with Crippen LogP contribution in [0.4, 0.5) is 79.0 Å². The molecule has 0 aliphatic rings. The molecule has 21 heteroatoms. The molecule has 0 bridgehead atoms. The van der Waals surface area contributed by atoms with Crippen LogP contribution in [0.25, 0.3) is 0 Å². The lowest BCUT2D eigenvalue weighted by atomic mass is 9.12. The van der Waals surface area contributed by atoms with Crippen molar-refractivity contribution in [2.24, 2.45) is 0 Å². The fourth-order valence-electron chi connectivity index (χ4n) is 8.32. The molecule has 7 rings (SSSR count). The van der Waals surface area contributed by atoms with Gasteiger partial charge in [0.15, 0.2) is 7.38 Å². The Morgan fingerprint density at radius 2 is 0.542 bits per heavy atom. The highest BCUT2D eigenvalue weighted by atomic mass is 35.6. The molecular weight excluding hydrogens is 1030 g/mol. The van der Waals surface area contributed by atoms with Gasteiger partial charge < -0.3 is 0 Å². The molecule has 0 unspecified atom stereocenters. The van der Waals surface area contributed by atoms with Crippen LogP contribution >= 0.6 is 11.1 Å². The van der Waals surface area contributed by atoms with E-state index < -0.39 is 124 Å². The minimum atomic E-state index is -5.76. The van der Waals surface area contributed by atoms with Crippen molar-refractivity contribution in [2.45, 2.75) is 50.2 Å². The lowest BCUT2D eigenvalue weighted by Gasteiger charge is -2.46. The fraction of sp³-hybridized carbons (Fsp3) is 0.157. The number of alkyl halides is 18. The standard InChI is InChI=1S/C32H19BClF18Si.C19H15/c1-53(2,34)26-5-3-22(4-6-26)33(23-10-16(27(35,36)37)7-17(11-23)28(38,39)40,24-12-18(29(41,42)43)8-19(13-24)30(44,45)46)25-14-20(31(47,48)49)9-21(15-25)32(50,51)52;1-4-10-16(11-5-1)19(17-12-6-2-7-13-17)18-14-8-3-9-15-18/h3-15H,1-2H3;1-15H/q-1;+1. The number of benzene rings is 7. The second-order valence-electron chi connectivity index (χ2n) is 17.0. The maximum atomic E-state index is 14.2. The molecule has 72 heavy (non-hydrogen) atoms. The summed E-state index contributed by atoms with van der Waals surface area (Å²) in [5, 5.41) is 0.188. The Morgan fingerprint density at radius 1 is 0.319 bits per heavy atom. The first-order valence-corrected chi connectivity index (χ1v) is 25.0. The molecule has 0 fully saturated rings. The molecule has 0 saturated carbocycles. The van der Waals surface area contributed by atoms with Crippen molar-refractivity contribution in [3.8, 4) is 0 Å². The lowest BCUT2D eigenvalue weighted by molar-refractivity contribution is -0.144. The van der Waals surface area contributed by atoms with E-state index in [2.05, 4.69) is 91.0 Å². The van der Waals surface area contributed by atoms with Gasteiger partial charge in [-0.05, 0) is 96.2 Å². The molecule has 0 aliphatic heterocycles. The van der Waals surface area contributed by atoms with Crippen molar-refractivity contribution in [2.75, 3.05) is 0 Å². The van der Waals surface area contributed by atoms with Crippen LogP contribution in [0.15, 0.2) is 170 Å². The first-order valence-electron chi connectivity index (χ1n) is 21.0. The van der Waals surface area contributed by atoms with Crippen LogP contribution in [-0.2, 0) is 37.1 Å². The van der Waals surface area contributed by atoms with Gasteiger partial charge in [-0.1, -0.05) is 92.0 Å². The van der Waals surface area contributed by atoms with Crippen LogP contribution in [0, 0.1) is 5.92 Å².